The molecule has 0 amide bonds. The summed E-state index contributed by atoms with van der Waals surface area (Å²) in [7, 11) is 0. The average Bonchev–Trinajstić information content (AvgIpc) is 2.29. The molecule has 0 radical (unpaired) electrons. The molecule has 1 aromatic carbocycles. The summed E-state index contributed by atoms with van der Waals surface area (Å²) in [5.74, 6) is -0.801. The second kappa shape index (κ2) is 6.03. The zero-order chi connectivity index (χ0) is 12.8. The number of hydrogen-bond donors (Lipinski definition) is 1. The third-order valence-corrected chi connectivity index (χ3v) is 2.72. The first-order valence-electron chi connectivity index (χ1n) is 5.61. The third kappa shape index (κ3) is 3.59. The van der Waals surface area contributed by atoms with Crippen molar-refractivity contribution in [1.29, 1.82) is 0 Å². The molecular formula is C13H17NO3. The minimum atomic E-state index is -0.801. The molecule has 17 heavy (non-hydrogen) atoms. The van der Waals surface area contributed by atoms with Gasteiger partial charge in [-0.15, -0.1) is 0 Å². The molecule has 0 heterocycles. The molecule has 1 N–H and O–H groups in total. The summed E-state index contributed by atoms with van der Waals surface area (Å²) in [6.07, 6.45) is 0.939. The molecule has 0 aliphatic heterocycles. The van der Waals surface area contributed by atoms with Crippen molar-refractivity contribution in [3.8, 4) is 0 Å². The molecule has 0 bridgehead atoms. The fourth-order valence-electron chi connectivity index (χ4n) is 1.69. The zero-order valence-electron chi connectivity index (χ0n) is 10.1. The molecule has 0 spiro atoms. The highest BCUT2D eigenvalue weighted by atomic mass is 16.4. The topological polar surface area (TPSA) is 57.6 Å². The number of aryl methyl sites for hydroxylation is 1. The van der Waals surface area contributed by atoms with Crippen molar-refractivity contribution in [2.75, 3.05) is 18.0 Å². The van der Waals surface area contributed by atoms with E-state index in [1.165, 1.54) is 0 Å². The largest absolute Gasteiger partial charge is 0.481 e. The van der Waals surface area contributed by atoms with E-state index in [1.54, 1.807) is 6.07 Å². The van der Waals surface area contributed by atoms with Crippen molar-refractivity contribution in [2.45, 2.75) is 20.3 Å². The molecule has 0 fully saturated rings. The van der Waals surface area contributed by atoms with E-state index in [9.17, 15) is 9.59 Å². The highest BCUT2D eigenvalue weighted by Crippen LogP contribution is 2.18. The standard InChI is InChI=1S/C13H17NO3/c1-3-14(7-6-13(16)17)12-5-4-11(9-15)10(2)8-12/h4-5,8-9H,3,6-7H2,1-2H3,(H,16,17). The summed E-state index contributed by atoms with van der Waals surface area (Å²) in [6.45, 7) is 5.07. The Bertz CT molecular complexity index is 415. The van der Waals surface area contributed by atoms with Crippen molar-refractivity contribution in [3.05, 3.63) is 29.3 Å². The van der Waals surface area contributed by atoms with Crippen LogP contribution in [0, 0.1) is 6.92 Å². The Kier molecular flexibility index (Phi) is 4.69. The van der Waals surface area contributed by atoms with Crippen LogP contribution in [0.5, 0.6) is 0 Å². The number of hydrogen-bond acceptors (Lipinski definition) is 3. The van der Waals surface area contributed by atoms with Crippen molar-refractivity contribution >= 4 is 17.9 Å². The van der Waals surface area contributed by atoms with E-state index in [4.69, 9.17) is 5.11 Å². The van der Waals surface area contributed by atoms with Crippen molar-refractivity contribution < 1.29 is 14.7 Å². The van der Waals surface area contributed by atoms with Gasteiger partial charge < -0.3 is 10.0 Å². The van der Waals surface area contributed by atoms with Gasteiger partial charge >= 0.3 is 5.97 Å². The summed E-state index contributed by atoms with van der Waals surface area (Å²) in [5.41, 5.74) is 2.53. The molecule has 4 heteroatoms. The first kappa shape index (κ1) is 13.2. The smallest absolute Gasteiger partial charge is 0.305 e. The molecule has 0 aliphatic carbocycles. The number of nitrogens with zero attached hydrogens (tertiary/aromatic N) is 1. The van der Waals surface area contributed by atoms with Gasteiger partial charge in [0, 0.05) is 24.3 Å². The van der Waals surface area contributed by atoms with Gasteiger partial charge in [-0.1, -0.05) is 0 Å². The number of anilines is 1. The molecular weight excluding hydrogens is 218 g/mol. The van der Waals surface area contributed by atoms with Crippen LogP contribution < -0.4 is 4.90 Å². The molecule has 0 unspecified atom stereocenters. The summed E-state index contributed by atoms with van der Waals surface area (Å²) < 4.78 is 0. The van der Waals surface area contributed by atoms with Gasteiger partial charge in [-0.3, -0.25) is 9.59 Å². The van der Waals surface area contributed by atoms with E-state index >= 15 is 0 Å². The van der Waals surface area contributed by atoms with Crippen LogP contribution in [0.3, 0.4) is 0 Å². The number of benzene rings is 1. The average molecular weight is 235 g/mol. The van der Waals surface area contributed by atoms with Crippen molar-refractivity contribution in [1.82, 2.24) is 0 Å². The highest BCUT2D eigenvalue weighted by molar-refractivity contribution is 5.78. The van der Waals surface area contributed by atoms with Gasteiger partial charge in [-0.05, 0) is 37.6 Å². The number of aldehydes is 1. The maximum absolute atomic E-state index is 10.7. The lowest BCUT2D eigenvalue weighted by Crippen LogP contribution is -2.25. The van der Waals surface area contributed by atoms with Crippen LogP contribution in [0.4, 0.5) is 5.69 Å². The second-order valence-corrected chi connectivity index (χ2v) is 3.88. The molecule has 1 rings (SSSR count). The van der Waals surface area contributed by atoms with E-state index in [1.807, 2.05) is 30.9 Å². The minimum absolute atomic E-state index is 0.113. The summed E-state index contributed by atoms with van der Waals surface area (Å²) in [4.78, 5) is 23.2. The Labute approximate surface area is 101 Å². The second-order valence-electron chi connectivity index (χ2n) is 3.88. The quantitative estimate of drug-likeness (QED) is 0.767. The van der Waals surface area contributed by atoms with E-state index in [0.717, 1.165) is 24.1 Å². The summed E-state index contributed by atoms with van der Waals surface area (Å²) >= 11 is 0. The van der Waals surface area contributed by atoms with E-state index in [-0.39, 0.29) is 6.42 Å². The maximum Gasteiger partial charge on any atom is 0.305 e. The number of carbonyl (C=O) groups excluding carboxylic acids is 1. The Morgan fingerprint density at radius 2 is 2.18 bits per heavy atom. The summed E-state index contributed by atoms with van der Waals surface area (Å²) in [5, 5.41) is 8.67. The molecule has 1 aromatic rings. The van der Waals surface area contributed by atoms with Crippen LogP contribution in [0.15, 0.2) is 18.2 Å². The van der Waals surface area contributed by atoms with Crippen LogP contribution in [0.2, 0.25) is 0 Å². The molecule has 0 saturated heterocycles. The minimum Gasteiger partial charge on any atom is -0.481 e. The number of aliphatic carboxylic acids is 1. The first-order valence-corrected chi connectivity index (χ1v) is 5.61. The monoisotopic (exact) mass is 235 g/mol. The predicted molar refractivity (Wildman–Crippen MR) is 66.7 cm³/mol. The lowest BCUT2D eigenvalue weighted by atomic mass is 10.1. The van der Waals surface area contributed by atoms with Crippen LogP contribution >= 0.6 is 0 Å². The fourth-order valence-corrected chi connectivity index (χ4v) is 1.69. The fraction of sp³-hybridized carbons (Fsp3) is 0.385. The van der Waals surface area contributed by atoms with Gasteiger partial charge in [-0.2, -0.15) is 0 Å². The molecule has 4 nitrogen and oxygen atoms in total. The van der Waals surface area contributed by atoms with Gasteiger partial charge in [0.05, 0.1) is 6.42 Å². The molecule has 0 atom stereocenters. The molecule has 92 valence electrons. The van der Waals surface area contributed by atoms with Gasteiger partial charge in [0.1, 0.15) is 6.29 Å². The van der Waals surface area contributed by atoms with E-state index in [0.29, 0.717) is 12.1 Å². The van der Waals surface area contributed by atoms with E-state index in [2.05, 4.69) is 0 Å². The van der Waals surface area contributed by atoms with Crippen LogP contribution in [0.25, 0.3) is 0 Å². The summed E-state index contributed by atoms with van der Waals surface area (Å²) in [6, 6.07) is 5.53. The Morgan fingerprint density at radius 3 is 2.65 bits per heavy atom. The molecule has 0 aliphatic rings. The SMILES string of the molecule is CCN(CCC(=O)O)c1ccc(C=O)c(C)c1. The van der Waals surface area contributed by atoms with Crippen LogP contribution in [-0.2, 0) is 4.79 Å². The van der Waals surface area contributed by atoms with Gasteiger partial charge in [0.25, 0.3) is 0 Å². The molecule has 0 aromatic heterocycles. The van der Waals surface area contributed by atoms with Crippen LogP contribution in [-0.4, -0.2) is 30.5 Å². The van der Waals surface area contributed by atoms with Gasteiger partial charge in [0.2, 0.25) is 0 Å². The van der Waals surface area contributed by atoms with Crippen LogP contribution in [0.1, 0.15) is 29.3 Å². The van der Waals surface area contributed by atoms with Gasteiger partial charge in [-0.25, -0.2) is 0 Å². The maximum atomic E-state index is 10.7. The number of carbonyl (C=O) groups is 2. The number of carboxylic acids is 1. The lowest BCUT2D eigenvalue weighted by Gasteiger charge is -2.23. The highest BCUT2D eigenvalue weighted by Gasteiger charge is 2.08. The lowest BCUT2D eigenvalue weighted by molar-refractivity contribution is -0.136. The zero-order valence-corrected chi connectivity index (χ0v) is 10.1. The first-order chi connectivity index (χ1) is 8.08. The predicted octanol–water partition coefficient (Wildman–Crippen LogP) is 2.11. The third-order valence-electron chi connectivity index (χ3n) is 2.72. The Hall–Kier alpha value is -1.84. The Balaban J connectivity index is 2.84. The Morgan fingerprint density at radius 1 is 1.47 bits per heavy atom. The van der Waals surface area contributed by atoms with Crippen molar-refractivity contribution in [2.24, 2.45) is 0 Å². The number of rotatable bonds is 6. The van der Waals surface area contributed by atoms with Gasteiger partial charge in [0.15, 0.2) is 0 Å². The number of carboxylic acid groups (broad SMARTS) is 1. The molecule has 0 saturated carbocycles. The van der Waals surface area contributed by atoms with E-state index < -0.39 is 5.97 Å². The normalized spacial score (nSPS) is 10.0. The van der Waals surface area contributed by atoms with Crippen molar-refractivity contribution in [3.63, 3.8) is 0 Å².